The Morgan fingerprint density at radius 1 is 1.43 bits per heavy atom. The number of nitro groups is 1. The third kappa shape index (κ3) is 2.27. The van der Waals surface area contributed by atoms with Crippen LogP contribution in [0.2, 0.25) is 0 Å². The van der Waals surface area contributed by atoms with E-state index in [4.69, 9.17) is 10.5 Å². The molecule has 1 aromatic carbocycles. The fourth-order valence-electron chi connectivity index (χ4n) is 2.93. The van der Waals surface area contributed by atoms with E-state index < -0.39 is 4.92 Å². The molecule has 0 aliphatic heterocycles. The summed E-state index contributed by atoms with van der Waals surface area (Å²) in [4.78, 5) is 10.6. The molecular weight excluding hydrogens is 270 g/mol. The van der Waals surface area contributed by atoms with Crippen molar-refractivity contribution in [1.29, 1.82) is 0 Å². The number of benzene rings is 1. The van der Waals surface area contributed by atoms with Gasteiger partial charge in [0.05, 0.1) is 17.7 Å². The van der Waals surface area contributed by atoms with Gasteiger partial charge in [-0.25, -0.2) is 0 Å². The van der Waals surface area contributed by atoms with Gasteiger partial charge < -0.3 is 15.0 Å². The van der Waals surface area contributed by atoms with Gasteiger partial charge in [0.15, 0.2) is 0 Å². The lowest BCUT2D eigenvalue weighted by Gasteiger charge is -2.21. The summed E-state index contributed by atoms with van der Waals surface area (Å²) in [6.45, 7) is 0. The molecule has 3 rings (SSSR count). The lowest BCUT2D eigenvalue weighted by molar-refractivity contribution is -0.384. The van der Waals surface area contributed by atoms with E-state index in [-0.39, 0.29) is 11.7 Å². The van der Waals surface area contributed by atoms with Gasteiger partial charge in [0.1, 0.15) is 5.75 Å². The van der Waals surface area contributed by atoms with Gasteiger partial charge in [-0.05, 0) is 37.0 Å². The second kappa shape index (κ2) is 5.21. The lowest BCUT2D eigenvalue weighted by atomic mass is 9.93. The number of rotatable bonds is 3. The number of nitrogens with two attached hydrogens (primary N) is 1. The van der Waals surface area contributed by atoms with E-state index in [1.54, 1.807) is 19.2 Å². The summed E-state index contributed by atoms with van der Waals surface area (Å²) in [7, 11) is 1.56. The Bertz CT molecular complexity index is 693. The van der Waals surface area contributed by atoms with Crippen molar-refractivity contribution in [3.05, 3.63) is 51.8 Å². The van der Waals surface area contributed by atoms with Gasteiger partial charge in [0.2, 0.25) is 0 Å². The SMILES string of the molecule is COc1ccc([N+](=O)[O-])cc1-n1ccc2c1CCCC2N. The van der Waals surface area contributed by atoms with Crippen LogP contribution in [0.3, 0.4) is 0 Å². The number of ether oxygens (including phenoxy) is 1. The highest BCUT2D eigenvalue weighted by atomic mass is 16.6. The number of aromatic nitrogens is 1. The zero-order valence-corrected chi connectivity index (χ0v) is 11.8. The van der Waals surface area contributed by atoms with Crippen molar-refractivity contribution in [1.82, 2.24) is 4.57 Å². The average molecular weight is 287 g/mol. The molecule has 110 valence electrons. The molecule has 1 atom stereocenters. The van der Waals surface area contributed by atoms with Crippen LogP contribution in [0.4, 0.5) is 5.69 Å². The van der Waals surface area contributed by atoms with E-state index in [9.17, 15) is 10.1 Å². The van der Waals surface area contributed by atoms with Gasteiger partial charge in [-0.1, -0.05) is 0 Å². The van der Waals surface area contributed by atoms with Crippen molar-refractivity contribution in [2.24, 2.45) is 5.73 Å². The molecule has 0 amide bonds. The molecule has 0 saturated carbocycles. The highest BCUT2D eigenvalue weighted by Gasteiger charge is 2.22. The van der Waals surface area contributed by atoms with Gasteiger partial charge in [-0.3, -0.25) is 10.1 Å². The van der Waals surface area contributed by atoms with Crippen molar-refractivity contribution in [2.75, 3.05) is 7.11 Å². The molecule has 1 aromatic heterocycles. The zero-order chi connectivity index (χ0) is 15.0. The van der Waals surface area contributed by atoms with Crippen LogP contribution in [-0.4, -0.2) is 16.6 Å². The van der Waals surface area contributed by atoms with Gasteiger partial charge in [0, 0.05) is 30.1 Å². The molecule has 21 heavy (non-hydrogen) atoms. The van der Waals surface area contributed by atoms with Crippen molar-refractivity contribution >= 4 is 5.69 Å². The first-order valence-corrected chi connectivity index (χ1v) is 6.90. The predicted octanol–water partition coefficient (Wildman–Crippen LogP) is 2.73. The maximum atomic E-state index is 11.0. The summed E-state index contributed by atoms with van der Waals surface area (Å²) in [6.07, 6.45) is 4.83. The van der Waals surface area contributed by atoms with Crippen molar-refractivity contribution in [3.63, 3.8) is 0 Å². The summed E-state index contributed by atoms with van der Waals surface area (Å²) < 4.78 is 7.31. The number of hydrogen-bond acceptors (Lipinski definition) is 4. The topological polar surface area (TPSA) is 83.3 Å². The highest BCUT2D eigenvalue weighted by Crippen LogP contribution is 2.34. The summed E-state index contributed by atoms with van der Waals surface area (Å²) in [5.74, 6) is 0.609. The van der Waals surface area contributed by atoms with E-state index in [0.29, 0.717) is 11.4 Å². The van der Waals surface area contributed by atoms with Crippen LogP contribution in [0.25, 0.3) is 5.69 Å². The second-order valence-electron chi connectivity index (χ2n) is 5.20. The third-order valence-electron chi connectivity index (χ3n) is 3.99. The molecule has 0 spiro atoms. The summed E-state index contributed by atoms with van der Waals surface area (Å²) in [5.41, 5.74) is 9.10. The van der Waals surface area contributed by atoms with Crippen LogP contribution in [0.1, 0.15) is 30.1 Å². The van der Waals surface area contributed by atoms with Gasteiger partial charge in [0.25, 0.3) is 5.69 Å². The van der Waals surface area contributed by atoms with Crippen LogP contribution < -0.4 is 10.5 Å². The molecule has 1 aliphatic rings. The van der Waals surface area contributed by atoms with Crippen LogP contribution in [-0.2, 0) is 6.42 Å². The van der Waals surface area contributed by atoms with Gasteiger partial charge in [-0.15, -0.1) is 0 Å². The van der Waals surface area contributed by atoms with E-state index in [0.717, 1.165) is 30.5 Å². The Morgan fingerprint density at radius 3 is 2.95 bits per heavy atom. The van der Waals surface area contributed by atoms with Crippen molar-refractivity contribution in [2.45, 2.75) is 25.3 Å². The predicted molar refractivity (Wildman–Crippen MR) is 78.8 cm³/mol. The Kier molecular flexibility index (Phi) is 3.39. The number of methoxy groups -OCH3 is 1. The Hall–Kier alpha value is -2.34. The van der Waals surface area contributed by atoms with Crippen LogP contribution in [0.5, 0.6) is 5.75 Å². The molecule has 1 unspecified atom stereocenters. The number of hydrogen-bond donors (Lipinski definition) is 1. The number of fused-ring (bicyclic) bond motifs is 1. The quantitative estimate of drug-likeness (QED) is 0.695. The van der Waals surface area contributed by atoms with E-state index >= 15 is 0 Å². The molecule has 2 aromatic rings. The zero-order valence-electron chi connectivity index (χ0n) is 11.8. The van der Waals surface area contributed by atoms with Gasteiger partial charge in [-0.2, -0.15) is 0 Å². The fourth-order valence-corrected chi connectivity index (χ4v) is 2.93. The Morgan fingerprint density at radius 2 is 2.24 bits per heavy atom. The maximum absolute atomic E-state index is 11.0. The monoisotopic (exact) mass is 287 g/mol. The summed E-state index contributed by atoms with van der Waals surface area (Å²) in [5, 5.41) is 11.0. The lowest BCUT2D eigenvalue weighted by Crippen LogP contribution is -2.18. The van der Waals surface area contributed by atoms with Crippen LogP contribution in [0, 0.1) is 10.1 Å². The molecular formula is C15H17N3O3. The van der Waals surface area contributed by atoms with E-state index in [1.165, 1.54) is 6.07 Å². The number of nitrogens with zero attached hydrogens (tertiary/aromatic N) is 2. The first-order chi connectivity index (χ1) is 10.1. The Balaban J connectivity index is 2.16. The molecule has 0 radical (unpaired) electrons. The average Bonchev–Trinajstić information content (AvgIpc) is 2.91. The fraction of sp³-hybridized carbons (Fsp3) is 0.333. The molecule has 1 aliphatic carbocycles. The molecule has 0 saturated heterocycles. The molecule has 6 nitrogen and oxygen atoms in total. The van der Waals surface area contributed by atoms with Gasteiger partial charge >= 0.3 is 0 Å². The third-order valence-corrected chi connectivity index (χ3v) is 3.99. The minimum absolute atomic E-state index is 0.0414. The van der Waals surface area contributed by atoms with Crippen molar-refractivity contribution in [3.8, 4) is 11.4 Å². The van der Waals surface area contributed by atoms with E-state index in [1.807, 2.05) is 16.8 Å². The molecule has 0 fully saturated rings. The summed E-state index contributed by atoms with van der Waals surface area (Å²) >= 11 is 0. The number of nitro benzene ring substituents is 1. The molecule has 6 heteroatoms. The normalized spacial score (nSPS) is 17.3. The smallest absolute Gasteiger partial charge is 0.271 e. The molecule has 1 heterocycles. The summed E-state index contributed by atoms with van der Waals surface area (Å²) in [6, 6.07) is 6.66. The standard InChI is InChI=1S/C15H17N3O3/c1-21-15-6-5-10(18(19)20)9-14(15)17-8-7-11-12(16)3-2-4-13(11)17/h5-9,12H,2-4,16H2,1H3. The minimum Gasteiger partial charge on any atom is -0.495 e. The van der Waals surface area contributed by atoms with Crippen LogP contribution in [0.15, 0.2) is 30.5 Å². The number of non-ortho nitro benzene ring substituents is 1. The first kappa shape index (κ1) is 13.6. The largest absolute Gasteiger partial charge is 0.495 e. The molecule has 0 bridgehead atoms. The molecule has 2 N–H and O–H groups in total. The Labute approximate surface area is 122 Å². The van der Waals surface area contributed by atoms with Crippen LogP contribution >= 0.6 is 0 Å². The van der Waals surface area contributed by atoms with E-state index in [2.05, 4.69) is 0 Å². The minimum atomic E-state index is -0.398. The first-order valence-electron chi connectivity index (χ1n) is 6.90. The maximum Gasteiger partial charge on any atom is 0.271 e. The van der Waals surface area contributed by atoms with Crippen molar-refractivity contribution < 1.29 is 9.66 Å². The highest BCUT2D eigenvalue weighted by molar-refractivity contribution is 5.55. The second-order valence-corrected chi connectivity index (χ2v) is 5.20.